The molecule has 1 atom stereocenters. The topological polar surface area (TPSA) is 26.3 Å². The standard InChI is InChI=1S/C14H21O2P/c1-4-13(17(5-2)6-3)14(15)16-12-10-8-7-9-11-12/h7-11,13H,4-6H2,1-3H3. The highest BCUT2D eigenvalue weighted by atomic mass is 31.1. The first kappa shape index (κ1) is 14.2. The van der Waals surface area contributed by atoms with Crippen LogP contribution >= 0.6 is 7.92 Å². The third kappa shape index (κ3) is 4.12. The number of ether oxygens (including phenoxy) is 1. The molecule has 2 nitrogen and oxygen atoms in total. The maximum Gasteiger partial charge on any atom is 0.318 e. The van der Waals surface area contributed by atoms with Gasteiger partial charge in [0.2, 0.25) is 0 Å². The summed E-state index contributed by atoms with van der Waals surface area (Å²) in [5.41, 5.74) is 0.0835. The van der Waals surface area contributed by atoms with Crippen molar-refractivity contribution >= 4 is 13.9 Å². The van der Waals surface area contributed by atoms with Gasteiger partial charge in [-0.25, -0.2) is 0 Å². The molecule has 0 radical (unpaired) electrons. The van der Waals surface area contributed by atoms with E-state index in [1.807, 2.05) is 30.3 Å². The number of esters is 1. The molecule has 17 heavy (non-hydrogen) atoms. The van der Waals surface area contributed by atoms with E-state index < -0.39 is 0 Å². The molecule has 0 bridgehead atoms. The van der Waals surface area contributed by atoms with Crippen LogP contribution in [0.4, 0.5) is 0 Å². The number of para-hydroxylation sites is 1. The molecule has 1 aromatic carbocycles. The van der Waals surface area contributed by atoms with Crippen molar-refractivity contribution in [2.24, 2.45) is 0 Å². The molecule has 0 aromatic heterocycles. The normalized spacial score (nSPS) is 12.5. The fraction of sp³-hybridized carbons (Fsp3) is 0.500. The predicted octanol–water partition coefficient (Wildman–Crippen LogP) is 3.89. The lowest BCUT2D eigenvalue weighted by molar-refractivity contribution is -0.133. The Morgan fingerprint density at radius 2 is 1.76 bits per heavy atom. The number of rotatable bonds is 6. The molecule has 0 saturated heterocycles. The van der Waals surface area contributed by atoms with Gasteiger partial charge in [0, 0.05) is 0 Å². The molecular weight excluding hydrogens is 231 g/mol. The van der Waals surface area contributed by atoms with E-state index in [4.69, 9.17) is 4.74 Å². The van der Waals surface area contributed by atoms with Gasteiger partial charge in [-0.15, -0.1) is 0 Å². The smallest absolute Gasteiger partial charge is 0.318 e. The van der Waals surface area contributed by atoms with Crippen molar-refractivity contribution in [3.05, 3.63) is 30.3 Å². The molecule has 0 heterocycles. The van der Waals surface area contributed by atoms with Crippen molar-refractivity contribution in [1.29, 1.82) is 0 Å². The lowest BCUT2D eigenvalue weighted by Crippen LogP contribution is -2.25. The highest BCUT2D eigenvalue weighted by molar-refractivity contribution is 7.59. The van der Waals surface area contributed by atoms with Crippen LogP contribution < -0.4 is 4.74 Å². The summed E-state index contributed by atoms with van der Waals surface area (Å²) in [5.74, 6) is 0.589. The quantitative estimate of drug-likeness (QED) is 0.436. The Hall–Kier alpha value is -0.880. The molecule has 1 unspecified atom stereocenters. The summed E-state index contributed by atoms with van der Waals surface area (Å²) in [7, 11) is -0.230. The van der Waals surface area contributed by atoms with Gasteiger partial charge in [0.25, 0.3) is 0 Å². The van der Waals surface area contributed by atoms with Gasteiger partial charge >= 0.3 is 5.97 Å². The van der Waals surface area contributed by atoms with Crippen LogP contribution in [0.2, 0.25) is 0 Å². The highest BCUT2D eigenvalue weighted by Gasteiger charge is 2.25. The minimum atomic E-state index is -0.230. The summed E-state index contributed by atoms with van der Waals surface area (Å²) in [5, 5.41) is 0. The van der Waals surface area contributed by atoms with Crippen LogP contribution in [0.5, 0.6) is 5.75 Å². The van der Waals surface area contributed by atoms with Crippen LogP contribution in [0.1, 0.15) is 27.2 Å². The second-order valence-corrected chi connectivity index (χ2v) is 6.95. The Morgan fingerprint density at radius 1 is 1.18 bits per heavy atom. The van der Waals surface area contributed by atoms with E-state index in [1.165, 1.54) is 0 Å². The second-order valence-electron chi connectivity index (χ2n) is 3.88. The summed E-state index contributed by atoms with van der Waals surface area (Å²) in [6.07, 6.45) is 3.06. The van der Waals surface area contributed by atoms with Crippen LogP contribution in [0.25, 0.3) is 0 Å². The largest absolute Gasteiger partial charge is 0.426 e. The Bertz CT molecular complexity index is 333. The first-order chi connectivity index (χ1) is 8.22. The lowest BCUT2D eigenvalue weighted by atomic mass is 10.3. The summed E-state index contributed by atoms with van der Waals surface area (Å²) < 4.78 is 5.43. The lowest BCUT2D eigenvalue weighted by Gasteiger charge is -2.22. The molecule has 0 spiro atoms. The van der Waals surface area contributed by atoms with E-state index in [0.29, 0.717) is 5.75 Å². The average Bonchev–Trinajstić information content (AvgIpc) is 2.36. The number of carbonyl (C=O) groups is 1. The second kappa shape index (κ2) is 7.45. The summed E-state index contributed by atoms with van der Waals surface area (Å²) >= 11 is 0. The zero-order valence-corrected chi connectivity index (χ0v) is 11.7. The SMILES string of the molecule is CCC(C(=O)Oc1ccccc1)P(CC)CC. The first-order valence-corrected chi connectivity index (χ1v) is 8.01. The van der Waals surface area contributed by atoms with E-state index in [2.05, 4.69) is 20.8 Å². The number of carbonyl (C=O) groups excluding carboxylic acids is 1. The van der Waals surface area contributed by atoms with Crippen LogP contribution in [-0.4, -0.2) is 24.0 Å². The Balaban J connectivity index is 2.67. The van der Waals surface area contributed by atoms with Gasteiger partial charge in [-0.1, -0.05) is 46.9 Å². The molecule has 1 aromatic rings. The molecule has 3 heteroatoms. The molecule has 0 aliphatic rings. The van der Waals surface area contributed by atoms with E-state index in [1.54, 1.807) is 0 Å². The molecule has 94 valence electrons. The maximum atomic E-state index is 12.1. The van der Waals surface area contributed by atoms with E-state index in [0.717, 1.165) is 18.7 Å². The molecule has 1 rings (SSSR count). The van der Waals surface area contributed by atoms with Gasteiger partial charge in [-0.05, 0) is 30.9 Å². The fourth-order valence-corrected chi connectivity index (χ4v) is 4.11. The molecule has 0 amide bonds. The highest BCUT2D eigenvalue weighted by Crippen LogP contribution is 2.42. The molecule has 0 N–H and O–H groups in total. The minimum absolute atomic E-state index is 0.0616. The van der Waals surface area contributed by atoms with Crippen molar-refractivity contribution in [1.82, 2.24) is 0 Å². The Morgan fingerprint density at radius 3 is 2.24 bits per heavy atom. The van der Waals surface area contributed by atoms with Crippen molar-refractivity contribution in [2.75, 3.05) is 12.3 Å². The summed E-state index contributed by atoms with van der Waals surface area (Å²) in [6.45, 7) is 6.39. The van der Waals surface area contributed by atoms with Gasteiger partial charge in [0.15, 0.2) is 0 Å². The number of hydrogen-bond acceptors (Lipinski definition) is 2. The fourth-order valence-electron chi connectivity index (χ4n) is 1.91. The molecular formula is C14H21O2P. The zero-order valence-electron chi connectivity index (χ0n) is 10.8. The molecule has 0 fully saturated rings. The van der Waals surface area contributed by atoms with Crippen LogP contribution in [-0.2, 0) is 4.79 Å². The van der Waals surface area contributed by atoms with Gasteiger partial charge < -0.3 is 4.74 Å². The first-order valence-electron chi connectivity index (χ1n) is 6.23. The third-order valence-electron chi connectivity index (χ3n) is 2.87. The molecule has 0 saturated carbocycles. The van der Waals surface area contributed by atoms with Crippen molar-refractivity contribution < 1.29 is 9.53 Å². The monoisotopic (exact) mass is 252 g/mol. The van der Waals surface area contributed by atoms with Crippen LogP contribution in [0, 0.1) is 0 Å². The van der Waals surface area contributed by atoms with E-state index >= 15 is 0 Å². The average molecular weight is 252 g/mol. The van der Waals surface area contributed by atoms with Crippen molar-refractivity contribution in [3.8, 4) is 5.75 Å². The molecule has 0 aliphatic heterocycles. The van der Waals surface area contributed by atoms with E-state index in [-0.39, 0.29) is 19.5 Å². The zero-order chi connectivity index (χ0) is 12.7. The Labute approximate surface area is 105 Å². The van der Waals surface area contributed by atoms with Gasteiger partial charge in [0.1, 0.15) is 5.75 Å². The minimum Gasteiger partial charge on any atom is -0.426 e. The number of benzene rings is 1. The Kier molecular flexibility index (Phi) is 6.21. The van der Waals surface area contributed by atoms with Gasteiger partial charge in [-0.3, -0.25) is 4.79 Å². The van der Waals surface area contributed by atoms with Crippen molar-refractivity contribution in [3.63, 3.8) is 0 Å². The predicted molar refractivity (Wildman–Crippen MR) is 74.2 cm³/mol. The van der Waals surface area contributed by atoms with Gasteiger partial charge in [-0.2, -0.15) is 0 Å². The molecule has 0 aliphatic carbocycles. The van der Waals surface area contributed by atoms with Crippen LogP contribution in [0.3, 0.4) is 0 Å². The summed E-state index contributed by atoms with van der Waals surface area (Å²) in [4.78, 5) is 12.1. The maximum absolute atomic E-state index is 12.1. The third-order valence-corrected chi connectivity index (χ3v) is 5.96. The van der Waals surface area contributed by atoms with Crippen LogP contribution in [0.15, 0.2) is 30.3 Å². The van der Waals surface area contributed by atoms with Gasteiger partial charge in [0.05, 0.1) is 5.66 Å². The van der Waals surface area contributed by atoms with Crippen molar-refractivity contribution in [2.45, 2.75) is 32.9 Å². The van der Waals surface area contributed by atoms with E-state index in [9.17, 15) is 4.79 Å². The number of hydrogen-bond donors (Lipinski definition) is 0. The summed E-state index contributed by atoms with van der Waals surface area (Å²) in [6, 6.07) is 9.33.